The Morgan fingerprint density at radius 3 is 2.77 bits per heavy atom. The Morgan fingerprint density at radius 1 is 1.31 bits per heavy atom. The fraction of sp³-hybridized carbons (Fsp3) is 0.182. The first-order valence-corrected chi connectivity index (χ1v) is 5.15. The molecular formula is C11H12NS+. The van der Waals surface area contributed by atoms with E-state index in [0.717, 1.165) is 0 Å². The lowest BCUT2D eigenvalue weighted by Gasteiger charge is -1.84. The third kappa shape index (κ3) is 1.38. The summed E-state index contributed by atoms with van der Waals surface area (Å²) in [4.78, 5) is 0. The molecule has 1 aromatic carbocycles. The molecule has 0 atom stereocenters. The molecule has 1 heterocycles. The van der Waals surface area contributed by atoms with E-state index in [4.69, 9.17) is 0 Å². The number of hydrogen-bond donors (Lipinski definition) is 0. The largest absolute Gasteiger partial charge is 0.262 e. The Morgan fingerprint density at radius 2 is 2.08 bits per heavy atom. The summed E-state index contributed by atoms with van der Waals surface area (Å²) in [6, 6.07) is 8.47. The number of thiazole rings is 1. The lowest BCUT2D eigenvalue weighted by molar-refractivity contribution is -0.642. The highest BCUT2D eigenvalue weighted by Gasteiger charge is 2.12. The SMILES string of the molecule is CC=Cc1sc2ccccc2[n+]1C. The minimum atomic E-state index is 1.30. The van der Waals surface area contributed by atoms with Crippen LogP contribution in [0.5, 0.6) is 0 Å². The maximum Gasteiger partial charge on any atom is 0.262 e. The average molecular weight is 190 g/mol. The van der Waals surface area contributed by atoms with Gasteiger partial charge in [0.2, 0.25) is 5.52 Å². The molecular weight excluding hydrogens is 178 g/mol. The van der Waals surface area contributed by atoms with E-state index in [1.54, 1.807) is 0 Å². The van der Waals surface area contributed by atoms with Crippen molar-refractivity contribution in [3.05, 3.63) is 35.3 Å². The monoisotopic (exact) mass is 190 g/mol. The third-order valence-corrected chi connectivity index (χ3v) is 3.27. The molecule has 0 spiro atoms. The van der Waals surface area contributed by atoms with Crippen molar-refractivity contribution in [3.8, 4) is 0 Å². The van der Waals surface area contributed by atoms with Crippen molar-refractivity contribution in [1.82, 2.24) is 0 Å². The van der Waals surface area contributed by atoms with Crippen LogP contribution in [0.3, 0.4) is 0 Å². The second kappa shape index (κ2) is 3.30. The standard InChI is InChI=1S/C11H12NS/c1-3-6-11-12(2)9-7-4-5-8-10(9)13-11/h3-8H,1-2H3/q+1. The first-order chi connectivity index (χ1) is 6.33. The number of allylic oxidation sites excluding steroid dienone is 1. The van der Waals surface area contributed by atoms with Crippen LogP contribution < -0.4 is 4.57 Å². The van der Waals surface area contributed by atoms with Crippen LogP contribution in [0.4, 0.5) is 0 Å². The van der Waals surface area contributed by atoms with E-state index in [9.17, 15) is 0 Å². The van der Waals surface area contributed by atoms with Crippen LogP contribution in [0.2, 0.25) is 0 Å². The van der Waals surface area contributed by atoms with Crippen LogP contribution in [0.1, 0.15) is 11.9 Å². The van der Waals surface area contributed by atoms with Crippen molar-refractivity contribution >= 4 is 27.6 Å². The van der Waals surface area contributed by atoms with Crippen molar-refractivity contribution in [2.75, 3.05) is 0 Å². The van der Waals surface area contributed by atoms with Crippen LogP contribution in [0.25, 0.3) is 16.3 Å². The highest BCUT2D eigenvalue weighted by molar-refractivity contribution is 7.18. The van der Waals surface area contributed by atoms with Gasteiger partial charge in [-0.05, 0) is 13.0 Å². The molecule has 0 saturated carbocycles. The molecule has 0 amide bonds. The number of benzene rings is 1. The number of aromatic nitrogens is 1. The van der Waals surface area contributed by atoms with Crippen LogP contribution in [0, 0.1) is 0 Å². The predicted octanol–water partition coefficient (Wildman–Crippen LogP) is 2.76. The van der Waals surface area contributed by atoms with Crippen molar-refractivity contribution in [2.45, 2.75) is 6.92 Å². The maximum absolute atomic E-state index is 2.22. The summed E-state index contributed by atoms with van der Waals surface area (Å²) >= 11 is 1.82. The van der Waals surface area contributed by atoms with Crippen LogP contribution in [-0.4, -0.2) is 0 Å². The smallest absolute Gasteiger partial charge is 0.185 e. The molecule has 2 aromatic rings. The average Bonchev–Trinajstić information content (AvgIpc) is 2.46. The minimum absolute atomic E-state index is 1.30. The molecule has 0 bridgehead atoms. The number of aryl methyl sites for hydroxylation is 1. The quantitative estimate of drug-likeness (QED) is 0.609. The summed E-state index contributed by atoms with van der Waals surface area (Å²) in [5.74, 6) is 0. The second-order valence-corrected chi connectivity index (χ2v) is 4.03. The fourth-order valence-electron chi connectivity index (χ4n) is 1.41. The van der Waals surface area contributed by atoms with Gasteiger partial charge in [-0.1, -0.05) is 29.5 Å². The van der Waals surface area contributed by atoms with E-state index in [-0.39, 0.29) is 0 Å². The van der Waals surface area contributed by atoms with Crippen molar-refractivity contribution in [1.29, 1.82) is 0 Å². The molecule has 0 unspecified atom stereocenters. The summed E-state index contributed by atoms with van der Waals surface area (Å²) in [6.07, 6.45) is 4.22. The molecule has 1 nitrogen and oxygen atoms in total. The van der Waals surface area contributed by atoms with E-state index in [1.807, 2.05) is 18.3 Å². The third-order valence-electron chi connectivity index (χ3n) is 2.08. The minimum Gasteiger partial charge on any atom is -0.185 e. The van der Waals surface area contributed by atoms with Gasteiger partial charge >= 0.3 is 0 Å². The van der Waals surface area contributed by atoms with Gasteiger partial charge in [-0.3, -0.25) is 0 Å². The molecule has 2 rings (SSSR count). The molecule has 13 heavy (non-hydrogen) atoms. The van der Waals surface area contributed by atoms with Crippen LogP contribution in [0.15, 0.2) is 30.3 Å². The van der Waals surface area contributed by atoms with E-state index >= 15 is 0 Å². The molecule has 0 saturated heterocycles. The molecule has 0 fully saturated rings. The molecule has 0 N–H and O–H groups in total. The Bertz CT molecular complexity index is 454. The van der Waals surface area contributed by atoms with Gasteiger partial charge in [0.15, 0.2) is 0 Å². The zero-order valence-corrected chi connectivity index (χ0v) is 8.64. The normalized spacial score (nSPS) is 11.5. The van der Waals surface area contributed by atoms with E-state index in [0.29, 0.717) is 0 Å². The first kappa shape index (κ1) is 8.45. The van der Waals surface area contributed by atoms with Gasteiger partial charge in [0.1, 0.15) is 11.7 Å². The van der Waals surface area contributed by atoms with Gasteiger partial charge in [-0.25, -0.2) is 0 Å². The van der Waals surface area contributed by atoms with E-state index in [1.165, 1.54) is 15.2 Å². The Labute approximate surface area is 82.0 Å². The predicted molar refractivity (Wildman–Crippen MR) is 57.7 cm³/mol. The summed E-state index contributed by atoms with van der Waals surface area (Å²) in [5.41, 5.74) is 1.31. The second-order valence-electron chi connectivity index (χ2n) is 2.97. The van der Waals surface area contributed by atoms with E-state index in [2.05, 4.69) is 48.0 Å². The maximum atomic E-state index is 2.22. The van der Waals surface area contributed by atoms with Crippen molar-refractivity contribution in [2.24, 2.45) is 7.05 Å². The topological polar surface area (TPSA) is 3.88 Å². The Hall–Kier alpha value is -1.15. The van der Waals surface area contributed by atoms with Crippen molar-refractivity contribution < 1.29 is 4.57 Å². The number of hydrogen-bond acceptors (Lipinski definition) is 1. The number of para-hydroxylation sites is 1. The molecule has 0 aliphatic rings. The van der Waals surface area contributed by atoms with E-state index < -0.39 is 0 Å². The molecule has 66 valence electrons. The summed E-state index contributed by atoms with van der Waals surface area (Å²) in [7, 11) is 2.11. The fourth-order valence-corrected chi connectivity index (χ4v) is 2.53. The van der Waals surface area contributed by atoms with Gasteiger partial charge in [-0.15, -0.1) is 0 Å². The van der Waals surface area contributed by atoms with Crippen LogP contribution in [-0.2, 0) is 7.05 Å². The zero-order valence-electron chi connectivity index (χ0n) is 7.82. The Balaban J connectivity index is 2.73. The molecule has 0 aliphatic carbocycles. The van der Waals surface area contributed by atoms with Crippen molar-refractivity contribution in [3.63, 3.8) is 0 Å². The highest BCUT2D eigenvalue weighted by Crippen LogP contribution is 2.20. The summed E-state index contributed by atoms with van der Waals surface area (Å²) in [5, 5.41) is 1.30. The lowest BCUT2D eigenvalue weighted by atomic mass is 10.3. The summed E-state index contributed by atoms with van der Waals surface area (Å²) in [6.45, 7) is 2.05. The molecule has 0 radical (unpaired) electrons. The lowest BCUT2D eigenvalue weighted by Crippen LogP contribution is -2.28. The Kier molecular flexibility index (Phi) is 2.15. The van der Waals surface area contributed by atoms with Gasteiger partial charge in [0.05, 0.1) is 0 Å². The molecule has 0 aliphatic heterocycles. The number of fused-ring (bicyclic) bond motifs is 1. The zero-order chi connectivity index (χ0) is 9.26. The highest BCUT2D eigenvalue weighted by atomic mass is 32.1. The van der Waals surface area contributed by atoms with Gasteiger partial charge in [-0.2, -0.15) is 4.57 Å². The van der Waals surface area contributed by atoms with Gasteiger partial charge in [0.25, 0.3) is 5.01 Å². The number of rotatable bonds is 1. The van der Waals surface area contributed by atoms with Gasteiger partial charge in [0, 0.05) is 12.1 Å². The van der Waals surface area contributed by atoms with Gasteiger partial charge < -0.3 is 0 Å². The summed E-state index contributed by atoms with van der Waals surface area (Å²) < 4.78 is 3.57. The molecule has 1 aromatic heterocycles. The molecule has 2 heteroatoms. The van der Waals surface area contributed by atoms with Crippen LogP contribution >= 0.6 is 11.3 Å². The number of nitrogens with zero attached hydrogens (tertiary/aromatic N) is 1. The first-order valence-electron chi connectivity index (χ1n) is 4.33.